The fourth-order valence-electron chi connectivity index (χ4n) is 1.89. The van der Waals surface area contributed by atoms with E-state index in [0.29, 0.717) is 17.4 Å². The summed E-state index contributed by atoms with van der Waals surface area (Å²) < 4.78 is 10.5. The summed E-state index contributed by atoms with van der Waals surface area (Å²) >= 11 is 0. The molecule has 1 saturated carbocycles. The molecule has 0 aromatic heterocycles. The quantitative estimate of drug-likeness (QED) is 0.570. The van der Waals surface area contributed by atoms with Gasteiger partial charge < -0.3 is 14.6 Å². The summed E-state index contributed by atoms with van der Waals surface area (Å²) in [4.78, 5) is 10.3. The van der Waals surface area contributed by atoms with Gasteiger partial charge in [0.1, 0.15) is 6.61 Å². The van der Waals surface area contributed by atoms with E-state index in [-0.39, 0.29) is 18.0 Å². The third-order valence-electron chi connectivity index (χ3n) is 3.20. The number of hydrogen-bond acceptors (Lipinski definition) is 5. The van der Waals surface area contributed by atoms with Gasteiger partial charge in [-0.2, -0.15) is 0 Å². The first kappa shape index (κ1) is 12.9. The van der Waals surface area contributed by atoms with Crippen LogP contribution < -0.4 is 0 Å². The van der Waals surface area contributed by atoms with Gasteiger partial charge in [-0.3, -0.25) is 10.1 Å². The Morgan fingerprint density at radius 3 is 2.83 bits per heavy atom. The van der Waals surface area contributed by atoms with Gasteiger partial charge in [-0.15, -0.1) is 0 Å². The third kappa shape index (κ3) is 3.01. The van der Waals surface area contributed by atoms with Gasteiger partial charge in [-0.05, 0) is 24.8 Å². The van der Waals surface area contributed by atoms with Crippen LogP contribution in [0.3, 0.4) is 0 Å². The topological polar surface area (TPSA) is 81.8 Å². The zero-order chi connectivity index (χ0) is 13.1. The van der Waals surface area contributed by atoms with E-state index in [4.69, 9.17) is 9.47 Å². The lowest BCUT2D eigenvalue weighted by atomic mass is 10.1. The van der Waals surface area contributed by atoms with Crippen molar-refractivity contribution in [3.05, 3.63) is 33.8 Å². The predicted octanol–water partition coefficient (Wildman–Crippen LogP) is 1.24. The molecule has 6 nitrogen and oxygen atoms in total. The molecule has 1 N–H and O–H groups in total. The average Bonchev–Trinajstić information content (AvgIpc) is 3.19. The lowest BCUT2D eigenvalue weighted by Crippen LogP contribution is -2.23. The van der Waals surface area contributed by atoms with Crippen LogP contribution in [0.5, 0.6) is 0 Å². The molecular formula is C12H17NO5. The van der Waals surface area contributed by atoms with Crippen molar-refractivity contribution in [1.82, 2.24) is 0 Å². The van der Waals surface area contributed by atoms with E-state index in [2.05, 4.69) is 0 Å². The molecule has 0 radical (unpaired) electrons. The monoisotopic (exact) mass is 255 g/mol. The molecule has 0 aromatic rings. The van der Waals surface area contributed by atoms with Crippen molar-refractivity contribution in [2.45, 2.75) is 31.4 Å². The zero-order valence-corrected chi connectivity index (χ0v) is 10.2. The molecule has 2 unspecified atom stereocenters. The van der Waals surface area contributed by atoms with Gasteiger partial charge in [-0.25, -0.2) is 0 Å². The molecule has 0 heterocycles. The highest BCUT2D eigenvalue weighted by molar-refractivity contribution is 5.26. The van der Waals surface area contributed by atoms with Gasteiger partial charge in [0, 0.05) is 17.4 Å². The molecule has 0 bridgehead atoms. The summed E-state index contributed by atoms with van der Waals surface area (Å²) in [6, 6.07) is -0.763. The van der Waals surface area contributed by atoms with Crippen molar-refractivity contribution in [3.63, 3.8) is 0 Å². The van der Waals surface area contributed by atoms with Crippen LogP contribution in [-0.2, 0) is 9.47 Å². The fraction of sp³-hybridized carbons (Fsp3) is 0.667. The number of methoxy groups -OCH3 is 1. The Balaban J connectivity index is 1.91. The highest BCUT2D eigenvalue weighted by atomic mass is 16.6. The minimum Gasteiger partial charge on any atom is -0.493 e. The normalized spacial score (nSPS) is 24.9. The molecule has 6 heteroatoms. The molecule has 2 atom stereocenters. The van der Waals surface area contributed by atoms with E-state index in [0.717, 1.165) is 12.8 Å². The smallest absolute Gasteiger partial charge is 0.238 e. The zero-order valence-electron chi connectivity index (χ0n) is 10.2. The van der Waals surface area contributed by atoms with Gasteiger partial charge in [0.15, 0.2) is 11.5 Å². The Kier molecular flexibility index (Phi) is 3.86. The number of aliphatic hydroxyl groups is 1. The van der Waals surface area contributed by atoms with E-state index in [1.54, 1.807) is 6.08 Å². The standard InChI is InChI=1S/C12H17NO5/c1-17-12-6-9(13(15)16)4-5-11(12)18-7-10(14)8-2-3-8/h5-6,8-10,14H,2-4,7H2,1H3. The van der Waals surface area contributed by atoms with Crippen molar-refractivity contribution < 1.29 is 19.5 Å². The lowest BCUT2D eigenvalue weighted by molar-refractivity contribution is -0.509. The minimum atomic E-state index is -0.763. The highest BCUT2D eigenvalue weighted by Gasteiger charge is 2.31. The molecule has 0 aromatic carbocycles. The van der Waals surface area contributed by atoms with E-state index in [1.165, 1.54) is 13.2 Å². The van der Waals surface area contributed by atoms with Gasteiger partial charge in [0.25, 0.3) is 0 Å². The molecule has 2 aliphatic carbocycles. The SMILES string of the molecule is COC1=CC([N+](=O)[O-])CC=C1OCC(O)C1CC1. The molecule has 2 rings (SSSR count). The first-order chi connectivity index (χ1) is 8.61. The predicted molar refractivity (Wildman–Crippen MR) is 63.3 cm³/mol. The molecule has 1 fully saturated rings. The number of ether oxygens (including phenoxy) is 2. The van der Waals surface area contributed by atoms with E-state index < -0.39 is 12.1 Å². The van der Waals surface area contributed by atoms with Crippen LogP contribution in [0.1, 0.15) is 19.3 Å². The van der Waals surface area contributed by atoms with Crippen LogP contribution in [0.4, 0.5) is 0 Å². The Bertz CT molecular complexity index is 386. The highest BCUT2D eigenvalue weighted by Crippen LogP contribution is 2.33. The maximum Gasteiger partial charge on any atom is 0.238 e. The van der Waals surface area contributed by atoms with Crippen LogP contribution >= 0.6 is 0 Å². The maximum absolute atomic E-state index is 10.7. The Morgan fingerprint density at radius 1 is 1.56 bits per heavy atom. The van der Waals surface area contributed by atoms with Crippen LogP contribution in [0, 0.1) is 16.0 Å². The summed E-state index contributed by atoms with van der Waals surface area (Å²) in [5.74, 6) is 1.19. The van der Waals surface area contributed by atoms with Crippen molar-refractivity contribution in [3.8, 4) is 0 Å². The van der Waals surface area contributed by atoms with Crippen LogP contribution in [0.2, 0.25) is 0 Å². The van der Waals surface area contributed by atoms with Gasteiger partial charge in [0.2, 0.25) is 6.04 Å². The lowest BCUT2D eigenvalue weighted by Gasteiger charge is -2.19. The summed E-state index contributed by atoms with van der Waals surface area (Å²) in [5, 5.41) is 20.4. The van der Waals surface area contributed by atoms with Crippen molar-refractivity contribution >= 4 is 0 Å². The first-order valence-electron chi connectivity index (χ1n) is 6.02. The van der Waals surface area contributed by atoms with Crippen molar-refractivity contribution in [2.24, 2.45) is 5.92 Å². The third-order valence-corrected chi connectivity index (χ3v) is 3.20. The molecule has 0 saturated heterocycles. The van der Waals surface area contributed by atoms with E-state index in [9.17, 15) is 15.2 Å². The molecule has 100 valence electrons. The second-order valence-electron chi connectivity index (χ2n) is 4.61. The van der Waals surface area contributed by atoms with Gasteiger partial charge in [0.05, 0.1) is 13.2 Å². The molecule has 0 aliphatic heterocycles. The molecule has 0 spiro atoms. The van der Waals surface area contributed by atoms with Crippen LogP contribution in [-0.4, -0.2) is 35.9 Å². The number of hydrogen-bond donors (Lipinski definition) is 1. The number of aliphatic hydroxyl groups excluding tert-OH is 1. The molecule has 2 aliphatic rings. The fourth-order valence-corrected chi connectivity index (χ4v) is 1.89. The first-order valence-corrected chi connectivity index (χ1v) is 6.02. The Labute approximate surface area is 105 Å². The maximum atomic E-state index is 10.7. The summed E-state index contributed by atoms with van der Waals surface area (Å²) in [6.45, 7) is 0.209. The minimum absolute atomic E-state index is 0.209. The molecule has 18 heavy (non-hydrogen) atoms. The number of nitro groups is 1. The Morgan fingerprint density at radius 2 is 2.28 bits per heavy atom. The Hall–Kier alpha value is -1.56. The van der Waals surface area contributed by atoms with Gasteiger partial charge in [-0.1, -0.05) is 0 Å². The van der Waals surface area contributed by atoms with Crippen LogP contribution in [0.25, 0.3) is 0 Å². The number of rotatable bonds is 6. The van der Waals surface area contributed by atoms with E-state index >= 15 is 0 Å². The largest absolute Gasteiger partial charge is 0.493 e. The average molecular weight is 255 g/mol. The molecular weight excluding hydrogens is 238 g/mol. The number of nitrogens with zero attached hydrogens (tertiary/aromatic N) is 1. The molecule has 0 amide bonds. The van der Waals surface area contributed by atoms with E-state index in [1.807, 2.05) is 0 Å². The summed E-state index contributed by atoms with van der Waals surface area (Å²) in [7, 11) is 1.45. The van der Waals surface area contributed by atoms with Crippen molar-refractivity contribution in [2.75, 3.05) is 13.7 Å². The van der Waals surface area contributed by atoms with Crippen LogP contribution in [0.15, 0.2) is 23.7 Å². The second kappa shape index (κ2) is 5.39. The van der Waals surface area contributed by atoms with Gasteiger partial charge >= 0.3 is 0 Å². The summed E-state index contributed by atoms with van der Waals surface area (Å²) in [6.07, 6.45) is 5.00. The van der Waals surface area contributed by atoms with Crippen molar-refractivity contribution in [1.29, 1.82) is 0 Å². The second-order valence-corrected chi connectivity index (χ2v) is 4.61. The summed E-state index contributed by atoms with van der Waals surface area (Å²) in [5.41, 5.74) is 0.